The second-order valence-corrected chi connectivity index (χ2v) is 3.63. The van der Waals surface area contributed by atoms with Crippen LogP contribution in [0, 0.1) is 0 Å². The van der Waals surface area contributed by atoms with E-state index in [9.17, 15) is 9.90 Å². The summed E-state index contributed by atoms with van der Waals surface area (Å²) in [5, 5.41) is 9.65. The van der Waals surface area contributed by atoms with Crippen molar-refractivity contribution in [2.75, 3.05) is 20.2 Å². The largest absolute Gasteiger partial charge is 0.361 e. The number of carbonyl (C=O) groups excluding carboxylic acids is 1. The molecule has 0 aromatic rings. The van der Waals surface area contributed by atoms with Gasteiger partial charge in [-0.15, -0.1) is 0 Å². The average molecular weight is 270 g/mol. The van der Waals surface area contributed by atoms with Gasteiger partial charge in [0.25, 0.3) is 0 Å². The van der Waals surface area contributed by atoms with Gasteiger partial charge >= 0.3 is 0 Å². The number of rotatable bonds is 6. The van der Waals surface area contributed by atoms with Gasteiger partial charge in [0, 0.05) is 11.8 Å². The fraction of sp³-hybridized carbons (Fsp3) is 0.538. The van der Waals surface area contributed by atoms with Crippen LogP contribution in [0.4, 0.5) is 0 Å². The van der Waals surface area contributed by atoms with Crippen molar-refractivity contribution in [3.63, 3.8) is 0 Å². The van der Waals surface area contributed by atoms with Crippen LogP contribution < -0.4 is 0 Å². The van der Waals surface area contributed by atoms with Crippen LogP contribution in [0.25, 0.3) is 0 Å². The van der Waals surface area contributed by atoms with Crippen molar-refractivity contribution < 1.29 is 19.7 Å². The summed E-state index contributed by atoms with van der Waals surface area (Å²) in [6.45, 7) is 9.91. The molecule has 1 N–H and O–H groups in total. The molecule has 0 aromatic carbocycles. The maximum Gasteiger partial charge on any atom is 0.234 e. The molecule has 0 aromatic heterocycles. The van der Waals surface area contributed by atoms with Crippen LogP contribution in [0.5, 0.6) is 0 Å². The third-order valence-corrected chi connectivity index (χ3v) is 2.31. The maximum absolute atomic E-state index is 10.5. The molecule has 1 heterocycles. The van der Waals surface area contributed by atoms with E-state index < -0.39 is 5.79 Å². The van der Waals surface area contributed by atoms with Crippen molar-refractivity contribution in [2.45, 2.75) is 26.6 Å². The van der Waals surface area contributed by atoms with Crippen molar-refractivity contribution in [3.8, 4) is 0 Å². The Labute approximate surface area is 114 Å². The van der Waals surface area contributed by atoms with Gasteiger partial charge < -0.3 is 10.0 Å². The van der Waals surface area contributed by atoms with Crippen molar-refractivity contribution >= 4 is 12.5 Å². The minimum absolute atomic E-state index is 0.225. The lowest BCUT2D eigenvalue weighted by Crippen LogP contribution is -2.62. The summed E-state index contributed by atoms with van der Waals surface area (Å²) >= 11 is 0. The number of carbonyl (C=O) groups is 1. The van der Waals surface area contributed by atoms with Crippen LogP contribution in [-0.2, 0) is 14.6 Å². The molecule has 1 aliphatic heterocycles. The first-order valence-electron chi connectivity index (χ1n) is 6.08. The minimum atomic E-state index is -1.30. The Kier molecular flexibility index (Phi) is 7.90. The van der Waals surface area contributed by atoms with E-state index in [0.717, 1.165) is 0 Å². The summed E-state index contributed by atoms with van der Waals surface area (Å²) in [5.74, 6) is -0.850. The third-order valence-electron chi connectivity index (χ3n) is 2.31. The summed E-state index contributed by atoms with van der Waals surface area (Å²) in [5.41, 5.74) is 0.468. The lowest BCUT2D eigenvalue weighted by molar-refractivity contribution is -0.433. The summed E-state index contributed by atoms with van der Waals surface area (Å²) < 4.78 is 0. The molecular formula is C13H22N2O4. The molecule has 6 nitrogen and oxygen atoms in total. The number of hydrogen-bond acceptors (Lipinski definition) is 6. The molecular weight excluding hydrogens is 248 g/mol. The number of β-amino-alcohol motifs (C(OH)–C–C–N with tert-alkyl or cyclic N) is 1. The molecule has 19 heavy (non-hydrogen) atoms. The van der Waals surface area contributed by atoms with Crippen molar-refractivity contribution in [1.29, 1.82) is 0 Å². The molecule has 0 bridgehead atoms. The van der Waals surface area contributed by atoms with Crippen molar-refractivity contribution in [1.82, 2.24) is 4.90 Å². The molecule has 1 aliphatic rings. The summed E-state index contributed by atoms with van der Waals surface area (Å²) in [4.78, 5) is 25.3. The Bertz CT molecular complexity index is 358. The lowest BCUT2D eigenvalue weighted by atomic mass is 10.1. The van der Waals surface area contributed by atoms with Crippen molar-refractivity contribution in [2.24, 2.45) is 4.99 Å². The molecule has 0 aliphatic carbocycles. The molecule has 1 fully saturated rings. The predicted octanol–water partition coefficient (Wildman–Crippen LogP) is 1.28. The first-order chi connectivity index (χ1) is 9.04. The zero-order chi connectivity index (χ0) is 14.9. The Morgan fingerprint density at radius 3 is 2.47 bits per heavy atom. The third kappa shape index (κ3) is 5.34. The second-order valence-electron chi connectivity index (χ2n) is 3.63. The molecule has 0 unspecified atom stereocenters. The zero-order valence-electron chi connectivity index (χ0n) is 11.9. The normalized spacial score (nSPS) is 17.5. The molecule has 1 saturated heterocycles. The van der Waals surface area contributed by atoms with Crippen LogP contribution in [0.3, 0.4) is 0 Å². The average Bonchev–Trinajstić information content (AvgIpc) is 2.39. The topological polar surface area (TPSA) is 71.4 Å². The van der Waals surface area contributed by atoms with Crippen molar-refractivity contribution in [3.05, 3.63) is 24.0 Å². The van der Waals surface area contributed by atoms with Crippen LogP contribution in [0.1, 0.15) is 20.8 Å². The molecule has 0 spiro atoms. The van der Waals surface area contributed by atoms with E-state index in [1.807, 2.05) is 13.8 Å². The number of aldehydes is 1. The van der Waals surface area contributed by atoms with Crippen LogP contribution >= 0.6 is 0 Å². The highest BCUT2D eigenvalue weighted by Gasteiger charge is 2.44. The monoisotopic (exact) mass is 270 g/mol. The van der Waals surface area contributed by atoms with Gasteiger partial charge in [-0.2, -0.15) is 4.89 Å². The Hall–Kier alpha value is -1.50. The Morgan fingerprint density at radius 1 is 1.47 bits per heavy atom. The van der Waals surface area contributed by atoms with E-state index in [1.54, 1.807) is 17.9 Å². The predicted molar refractivity (Wildman–Crippen MR) is 73.4 cm³/mol. The zero-order valence-corrected chi connectivity index (χ0v) is 11.9. The van der Waals surface area contributed by atoms with Gasteiger partial charge in [0.1, 0.15) is 5.82 Å². The molecule has 0 radical (unpaired) electrons. The maximum atomic E-state index is 10.5. The molecule has 1 rings (SSSR count). The number of likely N-dealkylation sites (tertiary alicyclic amines) is 1. The highest BCUT2D eigenvalue weighted by atomic mass is 17.2. The van der Waals surface area contributed by atoms with Gasteiger partial charge in [-0.05, 0) is 6.92 Å². The van der Waals surface area contributed by atoms with Gasteiger partial charge in [-0.3, -0.25) is 4.79 Å². The highest BCUT2D eigenvalue weighted by molar-refractivity contribution is 6.01. The molecule has 0 saturated carbocycles. The van der Waals surface area contributed by atoms with E-state index in [2.05, 4.69) is 21.3 Å². The van der Waals surface area contributed by atoms with Crippen LogP contribution in [-0.4, -0.2) is 48.5 Å². The molecule has 0 amide bonds. The highest BCUT2D eigenvalue weighted by Crippen LogP contribution is 2.25. The first kappa shape index (κ1) is 17.5. The summed E-state index contributed by atoms with van der Waals surface area (Å²) in [6.07, 6.45) is 3.77. The van der Waals surface area contributed by atoms with Gasteiger partial charge in [0.05, 0.1) is 20.2 Å². The van der Waals surface area contributed by atoms with Crippen LogP contribution in [0.15, 0.2) is 29.0 Å². The summed E-state index contributed by atoms with van der Waals surface area (Å²) in [6, 6.07) is 0. The molecule has 0 atom stereocenters. The number of nitrogens with zero attached hydrogens (tertiary/aromatic N) is 2. The number of aliphatic imine (C=N–C) groups is 1. The van der Waals surface area contributed by atoms with Gasteiger partial charge in [0.15, 0.2) is 6.29 Å². The summed E-state index contributed by atoms with van der Waals surface area (Å²) in [7, 11) is 1.33. The Balaban J connectivity index is 0.00000154. The number of aliphatic hydroxyl groups is 1. The fourth-order valence-electron chi connectivity index (χ4n) is 1.34. The first-order valence-corrected chi connectivity index (χ1v) is 6.08. The fourth-order valence-corrected chi connectivity index (χ4v) is 1.34. The van der Waals surface area contributed by atoms with Crippen LogP contribution in [0.2, 0.25) is 0 Å². The molecule has 108 valence electrons. The Morgan fingerprint density at radius 2 is 2.05 bits per heavy atom. The quantitative estimate of drug-likeness (QED) is 0.197. The van der Waals surface area contributed by atoms with Gasteiger partial charge in [-0.1, -0.05) is 26.5 Å². The second kappa shape index (κ2) is 8.58. The van der Waals surface area contributed by atoms with Gasteiger partial charge in [0.2, 0.25) is 5.79 Å². The SMILES string of the molecule is C=C(/N=C\C(C=O)=C/C)N1CC(O)(OOC)C1.CC. The van der Waals surface area contributed by atoms with Gasteiger partial charge in [-0.25, -0.2) is 9.88 Å². The smallest absolute Gasteiger partial charge is 0.234 e. The van der Waals surface area contributed by atoms with E-state index >= 15 is 0 Å². The number of hydrogen-bond donors (Lipinski definition) is 1. The van der Waals surface area contributed by atoms with E-state index in [1.165, 1.54) is 13.3 Å². The standard InChI is InChI=1S/C11H16N2O4.C2H6/c1-4-10(6-14)5-12-9(2)13-7-11(15,8-13)17-16-3;1-2/h4-6,15H,2,7-8H2,1,3H3;1-2H3/b10-4+,12-5-;. The minimum Gasteiger partial charge on any atom is -0.361 e. The lowest BCUT2D eigenvalue weighted by Gasteiger charge is -2.44. The van der Waals surface area contributed by atoms with E-state index in [-0.39, 0.29) is 13.1 Å². The van der Waals surface area contributed by atoms with E-state index in [4.69, 9.17) is 0 Å². The molecule has 6 heteroatoms. The van der Waals surface area contributed by atoms with E-state index in [0.29, 0.717) is 17.7 Å². The number of allylic oxidation sites excluding steroid dienone is 2.